The summed E-state index contributed by atoms with van der Waals surface area (Å²) in [5.41, 5.74) is 1.33. The van der Waals surface area contributed by atoms with E-state index >= 15 is 4.39 Å². The molecule has 1 aliphatic rings. The Morgan fingerprint density at radius 3 is 2.64 bits per heavy atom. The first-order valence-electron chi connectivity index (χ1n) is 10.6. The second kappa shape index (κ2) is 8.28. The summed E-state index contributed by atoms with van der Waals surface area (Å²) in [4.78, 5) is 34.2. The summed E-state index contributed by atoms with van der Waals surface area (Å²) in [5, 5.41) is 3.07. The van der Waals surface area contributed by atoms with Gasteiger partial charge < -0.3 is 15.2 Å². The van der Waals surface area contributed by atoms with Gasteiger partial charge in [0.25, 0.3) is 5.91 Å². The number of nitrogens with zero attached hydrogens (tertiary/aromatic N) is 4. The first-order chi connectivity index (χ1) is 16.0. The van der Waals surface area contributed by atoms with Gasteiger partial charge >= 0.3 is 5.69 Å². The number of hydrogen-bond acceptors (Lipinski definition) is 5. The molecule has 0 bridgehead atoms. The normalized spacial score (nSPS) is 14.8. The highest BCUT2D eigenvalue weighted by Crippen LogP contribution is 2.25. The van der Waals surface area contributed by atoms with E-state index in [9.17, 15) is 14.0 Å². The van der Waals surface area contributed by atoms with E-state index in [-0.39, 0.29) is 16.9 Å². The van der Waals surface area contributed by atoms with E-state index in [0.717, 1.165) is 0 Å². The molecule has 1 amide bonds. The number of nitrogens with one attached hydrogen (secondary N) is 2. The number of rotatable bonds is 4. The molecule has 10 heteroatoms. The summed E-state index contributed by atoms with van der Waals surface area (Å²) in [6, 6.07) is 10.2. The maximum Gasteiger partial charge on any atom is 0.330 e. The molecule has 0 unspecified atom stereocenters. The van der Waals surface area contributed by atoms with Gasteiger partial charge in [-0.1, -0.05) is 12.1 Å². The zero-order valence-corrected chi connectivity index (χ0v) is 17.9. The molecule has 0 radical (unpaired) electrons. The zero-order chi connectivity index (χ0) is 23.1. The fraction of sp³-hybridized carbons (Fsp3) is 0.261. The SMILES string of the molecule is CNC(=O)c1ccc(N2CCN(Cc3ccc4c([nH]c(=O)n5cccc45)c3F)CC2)c(F)n1. The molecule has 0 spiro atoms. The Hall–Kier alpha value is -3.79. The third-order valence-electron chi connectivity index (χ3n) is 6.09. The van der Waals surface area contributed by atoms with Crippen molar-refractivity contribution in [2.45, 2.75) is 6.54 Å². The molecule has 5 rings (SSSR count). The minimum Gasteiger partial charge on any atom is -0.365 e. The second-order valence-electron chi connectivity index (χ2n) is 8.00. The number of carbonyl (C=O) groups is 1. The first kappa shape index (κ1) is 21.1. The van der Waals surface area contributed by atoms with E-state index in [1.165, 1.54) is 17.5 Å². The Morgan fingerprint density at radius 1 is 1.12 bits per heavy atom. The summed E-state index contributed by atoms with van der Waals surface area (Å²) in [5.74, 6) is -1.57. The molecule has 8 nitrogen and oxygen atoms in total. The molecule has 4 aromatic rings. The van der Waals surface area contributed by atoms with E-state index in [4.69, 9.17) is 0 Å². The number of amides is 1. The van der Waals surface area contributed by atoms with Gasteiger partial charge in [0.15, 0.2) is 5.82 Å². The van der Waals surface area contributed by atoms with Crippen LogP contribution in [0.3, 0.4) is 0 Å². The van der Waals surface area contributed by atoms with Crippen molar-refractivity contribution in [2.24, 2.45) is 0 Å². The van der Waals surface area contributed by atoms with E-state index < -0.39 is 17.7 Å². The topological polar surface area (TPSA) is 85.7 Å². The molecule has 3 aromatic heterocycles. The Kier molecular flexibility index (Phi) is 5.29. The number of benzene rings is 1. The van der Waals surface area contributed by atoms with Crippen LogP contribution in [-0.2, 0) is 6.54 Å². The van der Waals surface area contributed by atoms with Crippen LogP contribution >= 0.6 is 0 Å². The molecule has 1 aromatic carbocycles. The molecular formula is C23H22F2N6O2. The number of fused-ring (bicyclic) bond motifs is 3. The van der Waals surface area contributed by atoms with Crippen LogP contribution in [0, 0.1) is 11.8 Å². The molecule has 170 valence electrons. The van der Waals surface area contributed by atoms with E-state index in [0.29, 0.717) is 54.9 Å². The van der Waals surface area contributed by atoms with Gasteiger partial charge in [-0.05, 0) is 24.3 Å². The average Bonchev–Trinajstić information content (AvgIpc) is 3.32. The molecule has 4 heterocycles. The highest BCUT2D eigenvalue weighted by molar-refractivity contribution is 5.94. The predicted octanol–water partition coefficient (Wildman–Crippen LogP) is 2.14. The average molecular weight is 452 g/mol. The maximum absolute atomic E-state index is 15.3. The van der Waals surface area contributed by atoms with Gasteiger partial charge in [0.1, 0.15) is 5.69 Å². The van der Waals surface area contributed by atoms with Crippen molar-refractivity contribution >= 4 is 28.0 Å². The molecular weight excluding hydrogens is 430 g/mol. The van der Waals surface area contributed by atoms with E-state index in [1.807, 2.05) is 11.0 Å². The first-order valence-corrected chi connectivity index (χ1v) is 10.6. The molecule has 1 aliphatic heterocycles. The fourth-order valence-electron chi connectivity index (χ4n) is 4.33. The van der Waals surface area contributed by atoms with Crippen molar-refractivity contribution in [3.8, 4) is 0 Å². The smallest absolute Gasteiger partial charge is 0.330 e. The predicted molar refractivity (Wildman–Crippen MR) is 121 cm³/mol. The molecule has 33 heavy (non-hydrogen) atoms. The lowest BCUT2D eigenvalue weighted by atomic mass is 10.1. The van der Waals surface area contributed by atoms with E-state index in [1.54, 1.807) is 30.5 Å². The Morgan fingerprint density at radius 2 is 1.91 bits per heavy atom. The van der Waals surface area contributed by atoms with Crippen LogP contribution in [0.25, 0.3) is 16.4 Å². The van der Waals surface area contributed by atoms with Gasteiger partial charge in [0.05, 0.1) is 16.7 Å². The van der Waals surface area contributed by atoms with Gasteiger partial charge in [0.2, 0.25) is 5.95 Å². The summed E-state index contributed by atoms with van der Waals surface area (Å²) >= 11 is 0. The van der Waals surface area contributed by atoms with Crippen LogP contribution in [0.2, 0.25) is 0 Å². The molecule has 2 N–H and O–H groups in total. The Bertz CT molecular complexity index is 1420. The monoisotopic (exact) mass is 452 g/mol. The highest BCUT2D eigenvalue weighted by atomic mass is 19.1. The number of aromatic nitrogens is 3. The second-order valence-corrected chi connectivity index (χ2v) is 8.00. The van der Waals surface area contributed by atoms with Crippen molar-refractivity contribution in [3.63, 3.8) is 0 Å². The summed E-state index contributed by atoms with van der Waals surface area (Å²) in [7, 11) is 1.46. The van der Waals surface area contributed by atoms with Gasteiger partial charge in [-0.25, -0.2) is 14.2 Å². The minimum atomic E-state index is -0.689. The Labute approximate surface area is 187 Å². The molecule has 0 aliphatic carbocycles. The lowest BCUT2D eigenvalue weighted by Crippen LogP contribution is -2.46. The maximum atomic E-state index is 15.3. The minimum absolute atomic E-state index is 0.0274. The van der Waals surface area contributed by atoms with Gasteiger partial charge in [-0.15, -0.1) is 0 Å². The number of aromatic amines is 1. The number of pyridine rings is 1. The van der Waals surface area contributed by atoms with Gasteiger partial charge in [-0.3, -0.25) is 14.1 Å². The number of carbonyl (C=O) groups excluding carboxylic acids is 1. The third kappa shape index (κ3) is 3.72. The summed E-state index contributed by atoms with van der Waals surface area (Å²) in [6.45, 7) is 2.65. The number of anilines is 1. The zero-order valence-electron chi connectivity index (χ0n) is 17.9. The quantitative estimate of drug-likeness (QED) is 0.464. The molecule has 1 saturated heterocycles. The number of piperazine rings is 1. The largest absolute Gasteiger partial charge is 0.365 e. The fourth-order valence-corrected chi connectivity index (χ4v) is 4.33. The standard InChI is InChI=1S/C23H22F2N6O2/c1-26-22(32)16-6-7-18(21(25)27-16)30-11-9-29(10-12-30)13-14-4-5-15-17-3-2-8-31(17)23(33)28-20(15)19(14)24/h2-8H,9-13H2,1H3,(H,26,32)(H,28,33). The van der Waals surface area contributed by atoms with Crippen molar-refractivity contribution in [1.29, 1.82) is 0 Å². The van der Waals surface area contributed by atoms with Crippen LogP contribution in [0.4, 0.5) is 14.5 Å². The van der Waals surface area contributed by atoms with Gasteiger partial charge in [0, 0.05) is 56.9 Å². The molecule has 0 saturated carbocycles. The van der Waals surface area contributed by atoms with Crippen molar-refractivity contribution in [3.05, 3.63) is 76.1 Å². The van der Waals surface area contributed by atoms with Crippen LogP contribution in [0.5, 0.6) is 0 Å². The lowest BCUT2D eigenvalue weighted by molar-refractivity contribution is 0.0957. The summed E-state index contributed by atoms with van der Waals surface area (Å²) < 4.78 is 31.2. The van der Waals surface area contributed by atoms with Crippen LogP contribution in [0.1, 0.15) is 16.1 Å². The highest BCUT2D eigenvalue weighted by Gasteiger charge is 2.22. The van der Waals surface area contributed by atoms with Crippen LogP contribution in [0.15, 0.2) is 47.4 Å². The van der Waals surface area contributed by atoms with Crippen molar-refractivity contribution < 1.29 is 13.6 Å². The number of H-pyrrole nitrogens is 1. The Balaban J connectivity index is 1.31. The molecule has 0 atom stereocenters. The molecule has 1 fully saturated rings. The third-order valence-corrected chi connectivity index (χ3v) is 6.09. The number of hydrogen-bond donors (Lipinski definition) is 2. The lowest BCUT2D eigenvalue weighted by Gasteiger charge is -2.36. The van der Waals surface area contributed by atoms with E-state index in [2.05, 4.69) is 20.2 Å². The number of halogens is 2. The van der Waals surface area contributed by atoms with Crippen molar-refractivity contribution in [1.82, 2.24) is 24.6 Å². The van der Waals surface area contributed by atoms with Crippen LogP contribution < -0.4 is 15.9 Å². The van der Waals surface area contributed by atoms with Gasteiger partial charge in [-0.2, -0.15) is 4.39 Å². The van der Waals surface area contributed by atoms with Crippen molar-refractivity contribution in [2.75, 3.05) is 38.1 Å². The van der Waals surface area contributed by atoms with Crippen LogP contribution in [-0.4, -0.2) is 58.4 Å². The summed E-state index contributed by atoms with van der Waals surface area (Å²) in [6.07, 6.45) is 1.64.